The number of likely N-dealkylation sites (tertiary alicyclic amines) is 1. The highest BCUT2D eigenvalue weighted by Crippen LogP contribution is 2.38. The summed E-state index contributed by atoms with van der Waals surface area (Å²) in [5.41, 5.74) is 2.96. The Balaban J connectivity index is 1.87. The summed E-state index contributed by atoms with van der Waals surface area (Å²) in [5.74, 6) is 1.84. The normalized spacial score (nSPS) is 29.9. The zero-order valence-corrected chi connectivity index (χ0v) is 11.9. The molecule has 102 valence electrons. The number of nitrogens with zero attached hydrogens (tertiary/aromatic N) is 1. The second-order valence-corrected chi connectivity index (χ2v) is 5.88. The number of benzene rings is 1. The largest absolute Gasteiger partial charge is 0.493 e. The van der Waals surface area contributed by atoms with E-state index in [2.05, 4.69) is 49.1 Å². The number of fused-ring (bicyclic) bond motifs is 1. The number of para-hydroxylation sites is 1. The molecular formula is C17H23NO. The van der Waals surface area contributed by atoms with Crippen LogP contribution in [-0.4, -0.2) is 24.6 Å². The van der Waals surface area contributed by atoms with Crippen molar-refractivity contribution in [2.45, 2.75) is 32.7 Å². The number of piperidine rings is 1. The second-order valence-electron chi connectivity index (χ2n) is 5.88. The Bertz CT molecular complexity index is 480. The van der Waals surface area contributed by atoms with Gasteiger partial charge in [-0.2, -0.15) is 0 Å². The average molecular weight is 257 g/mol. The molecular weight excluding hydrogens is 234 g/mol. The van der Waals surface area contributed by atoms with Gasteiger partial charge in [0, 0.05) is 31.1 Å². The van der Waals surface area contributed by atoms with Gasteiger partial charge in [-0.25, -0.2) is 0 Å². The van der Waals surface area contributed by atoms with Gasteiger partial charge in [-0.3, -0.25) is 4.90 Å². The fourth-order valence-corrected chi connectivity index (χ4v) is 3.45. The van der Waals surface area contributed by atoms with Crippen LogP contribution < -0.4 is 4.74 Å². The molecule has 2 heteroatoms. The topological polar surface area (TPSA) is 12.5 Å². The smallest absolute Gasteiger partial charge is 0.124 e. The van der Waals surface area contributed by atoms with Gasteiger partial charge in [0.1, 0.15) is 5.75 Å². The minimum atomic E-state index is 0.530. The van der Waals surface area contributed by atoms with Gasteiger partial charge in [-0.05, 0) is 25.3 Å². The molecule has 2 atom stereocenters. The lowest BCUT2D eigenvalue weighted by Crippen LogP contribution is -2.40. The fourth-order valence-electron chi connectivity index (χ4n) is 3.45. The Morgan fingerprint density at radius 2 is 2.16 bits per heavy atom. The van der Waals surface area contributed by atoms with E-state index in [1.807, 2.05) is 0 Å². The number of hydrogen-bond donors (Lipinski definition) is 0. The van der Waals surface area contributed by atoms with Crippen molar-refractivity contribution in [2.75, 3.05) is 19.7 Å². The lowest BCUT2D eigenvalue weighted by atomic mass is 9.91. The third-order valence-corrected chi connectivity index (χ3v) is 4.34. The molecule has 0 radical (unpaired) electrons. The van der Waals surface area contributed by atoms with Crippen molar-refractivity contribution < 1.29 is 4.74 Å². The Kier molecular flexibility index (Phi) is 3.61. The molecule has 1 aromatic rings. The molecule has 0 spiro atoms. The maximum absolute atomic E-state index is 5.78. The summed E-state index contributed by atoms with van der Waals surface area (Å²) in [4.78, 5) is 2.64. The van der Waals surface area contributed by atoms with E-state index in [0.29, 0.717) is 6.04 Å². The molecule has 3 rings (SSSR count). The van der Waals surface area contributed by atoms with Crippen molar-refractivity contribution in [1.29, 1.82) is 0 Å². The van der Waals surface area contributed by atoms with Crippen LogP contribution in [0, 0.1) is 5.92 Å². The van der Waals surface area contributed by atoms with E-state index in [1.54, 1.807) is 5.57 Å². The maximum Gasteiger partial charge on any atom is 0.124 e. The molecule has 2 nitrogen and oxygen atoms in total. The van der Waals surface area contributed by atoms with Crippen molar-refractivity contribution in [1.82, 2.24) is 4.90 Å². The molecule has 1 aromatic carbocycles. The summed E-state index contributed by atoms with van der Waals surface area (Å²) < 4.78 is 5.78. The second kappa shape index (κ2) is 5.38. The van der Waals surface area contributed by atoms with Crippen LogP contribution in [0.15, 0.2) is 35.9 Å². The highest BCUT2D eigenvalue weighted by Gasteiger charge is 2.30. The lowest BCUT2D eigenvalue weighted by molar-refractivity contribution is 0.117. The van der Waals surface area contributed by atoms with Gasteiger partial charge in [0.15, 0.2) is 0 Å². The molecule has 0 saturated carbocycles. The minimum Gasteiger partial charge on any atom is -0.493 e. The molecule has 0 N–H and O–H groups in total. The van der Waals surface area contributed by atoms with E-state index in [4.69, 9.17) is 4.74 Å². The van der Waals surface area contributed by atoms with Crippen LogP contribution in [0.1, 0.15) is 38.3 Å². The molecule has 0 aliphatic carbocycles. The van der Waals surface area contributed by atoms with Gasteiger partial charge >= 0.3 is 0 Å². The summed E-state index contributed by atoms with van der Waals surface area (Å²) in [6.45, 7) is 7.71. The van der Waals surface area contributed by atoms with Gasteiger partial charge < -0.3 is 4.74 Å². The summed E-state index contributed by atoms with van der Waals surface area (Å²) in [5, 5.41) is 0. The summed E-state index contributed by atoms with van der Waals surface area (Å²) in [6, 6.07) is 9.06. The highest BCUT2D eigenvalue weighted by molar-refractivity contribution is 5.37. The van der Waals surface area contributed by atoms with Gasteiger partial charge in [-0.1, -0.05) is 36.8 Å². The number of allylic oxidation sites excluding steroid dienone is 1. The molecule has 1 saturated heterocycles. The van der Waals surface area contributed by atoms with Crippen LogP contribution in [0.2, 0.25) is 0 Å². The Morgan fingerprint density at radius 3 is 3.00 bits per heavy atom. The van der Waals surface area contributed by atoms with Crippen LogP contribution in [0.25, 0.3) is 0 Å². The first-order valence-electron chi connectivity index (χ1n) is 7.37. The SMILES string of the molecule is CC=C1CC(C)CN(C2CCOc3ccccc32)C1. The van der Waals surface area contributed by atoms with E-state index in [0.717, 1.165) is 31.2 Å². The molecule has 19 heavy (non-hydrogen) atoms. The third kappa shape index (κ3) is 2.55. The van der Waals surface area contributed by atoms with Gasteiger partial charge in [0.2, 0.25) is 0 Å². The molecule has 2 unspecified atom stereocenters. The maximum atomic E-state index is 5.78. The van der Waals surface area contributed by atoms with E-state index in [1.165, 1.54) is 18.5 Å². The molecule has 0 amide bonds. The van der Waals surface area contributed by atoms with Crippen LogP contribution in [0.4, 0.5) is 0 Å². The Hall–Kier alpha value is -1.28. The summed E-state index contributed by atoms with van der Waals surface area (Å²) in [6.07, 6.45) is 4.67. The summed E-state index contributed by atoms with van der Waals surface area (Å²) >= 11 is 0. The van der Waals surface area contributed by atoms with Gasteiger partial charge in [0.05, 0.1) is 6.61 Å². The van der Waals surface area contributed by atoms with Crippen LogP contribution >= 0.6 is 0 Å². The molecule has 0 aromatic heterocycles. The van der Waals surface area contributed by atoms with Crippen molar-refractivity contribution in [3.05, 3.63) is 41.5 Å². The first kappa shape index (κ1) is 12.7. The standard InChI is InChI=1S/C17H23NO/c1-3-14-10-13(2)11-18(12-14)16-8-9-19-17-7-5-4-6-15(16)17/h3-7,13,16H,8-12H2,1-2H3. The first-order valence-corrected chi connectivity index (χ1v) is 7.37. The molecule has 2 heterocycles. The lowest BCUT2D eigenvalue weighted by Gasteiger charge is -2.40. The van der Waals surface area contributed by atoms with Crippen LogP contribution in [-0.2, 0) is 0 Å². The minimum absolute atomic E-state index is 0.530. The highest BCUT2D eigenvalue weighted by atomic mass is 16.5. The Morgan fingerprint density at radius 1 is 1.32 bits per heavy atom. The van der Waals surface area contributed by atoms with E-state index >= 15 is 0 Å². The van der Waals surface area contributed by atoms with Crippen molar-refractivity contribution in [3.63, 3.8) is 0 Å². The summed E-state index contributed by atoms with van der Waals surface area (Å²) in [7, 11) is 0. The number of ether oxygens (including phenoxy) is 1. The molecule has 1 fully saturated rings. The molecule has 2 aliphatic heterocycles. The predicted octanol–water partition coefficient (Wildman–Crippen LogP) is 3.80. The molecule has 2 aliphatic rings. The number of hydrogen-bond acceptors (Lipinski definition) is 2. The van der Waals surface area contributed by atoms with E-state index in [-0.39, 0.29) is 0 Å². The molecule has 0 bridgehead atoms. The van der Waals surface area contributed by atoms with E-state index in [9.17, 15) is 0 Å². The van der Waals surface area contributed by atoms with E-state index < -0.39 is 0 Å². The monoisotopic (exact) mass is 257 g/mol. The average Bonchev–Trinajstić information content (AvgIpc) is 2.46. The zero-order chi connectivity index (χ0) is 13.2. The van der Waals surface area contributed by atoms with Crippen LogP contribution in [0.5, 0.6) is 5.75 Å². The van der Waals surface area contributed by atoms with Crippen LogP contribution in [0.3, 0.4) is 0 Å². The van der Waals surface area contributed by atoms with Gasteiger partial charge in [0.25, 0.3) is 0 Å². The number of rotatable bonds is 1. The first-order chi connectivity index (χ1) is 9.28. The van der Waals surface area contributed by atoms with Crippen molar-refractivity contribution in [2.24, 2.45) is 5.92 Å². The predicted molar refractivity (Wildman–Crippen MR) is 78.4 cm³/mol. The fraction of sp³-hybridized carbons (Fsp3) is 0.529. The third-order valence-electron chi connectivity index (χ3n) is 4.34. The Labute approximate surface area is 116 Å². The zero-order valence-electron chi connectivity index (χ0n) is 11.9. The van der Waals surface area contributed by atoms with Crippen molar-refractivity contribution in [3.8, 4) is 5.75 Å². The van der Waals surface area contributed by atoms with Gasteiger partial charge in [-0.15, -0.1) is 0 Å². The quantitative estimate of drug-likeness (QED) is 0.710. The van der Waals surface area contributed by atoms with Crippen molar-refractivity contribution >= 4 is 0 Å².